The second-order valence-corrected chi connectivity index (χ2v) is 5.29. The van der Waals surface area contributed by atoms with Crippen molar-refractivity contribution in [3.8, 4) is 5.75 Å². The van der Waals surface area contributed by atoms with Crippen molar-refractivity contribution in [1.29, 1.82) is 0 Å². The number of hydrogen-bond donors (Lipinski definition) is 0. The predicted molar refractivity (Wildman–Crippen MR) is 76.8 cm³/mol. The third-order valence-electron chi connectivity index (χ3n) is 3.94. The fourth-order valence-corrected chi connectivity index (χ4v) is 2.71. The molecule has 104 valence electrons. The molecule has 1 unspecified atom stereocenters. The van der Waals surface area contributed by atoms with Gasteiger partial charge in [0.15, 0.2) is 5.78 Å². The third-order valence-corrected chi connectivity index (χ3v) is 3.94. The van der Waals surface area contributed by atoms with Crippen LogP contribution in [0.2, 0.25) is 0 Å². The summed E-state index contributed by atoms with van der Waals surface area (Å²) in [5, 5.41) is 0. The first-order valence-corrected chi connectivity index (χ1v) is 7.12. The van der Waals surface area contributed by atoms with E-state index in [0.717, 1.165) is 6.54 Å². The van der Waals surface area contributed by atoms with Crippen LogP contribution in [0.5, 0.6) is 5.75 Å². The van der Waals surface area contributed by atoms with Gasteiger partial charge in [0.1, 0.15) is 5.75 Å². The molecular formula is C16H23NO2. The van der Waals surface area contributed by atoms with Gasteiger partial charge in [-0.05, 0) is 38.4 Å². The van der Waals surface area contributed by atoms with Gasteiger partial charge in [-0.15, -0.1) is 0 Å². The number of rotatable bonds is 4. The van der Waals surface area contributed by atoms with E-state index in [4.69, 9.17) is 4.74 Å². The Hall–Kier alpha value is -1.35. The molecule has 3 nitrogen and oxygen atoms in total. The first kappa shape index (κ1) is 14.1. The number of likely N-dealkylation sites (tertiary alicyclic amines) is 1. The number of methoxy groups -OCH3 is 1. The number of hydrogen-bond acceptors (Lipinski definition) is 3. The molecule has 0 N–H and O–H groups in total. The average Bonchev–Trinajstić information content (AvgIpc) is 2.64. The van der Waals surface area contributed by atoms with Gasteiger partial charge >= 0.3 is 0 Å². The van der Waals surface area contributed by atoms with Crippen molar-refractivity contribution in [2.45, 2.75) is 38.6 Å². The van der Waals surface area contributed by atoms with Crippen LogP contribution in [0, 0.1) is 0 Å². The van der Waals surface area contributed by atoms with E-state index in [1.807, 2.05) is 24.3 Å². The lowest BCUT2D eigenvalue weighted by Crippen LogP contribution is -2.37. The van der Waals surface area contributed by atoms with Crippen molar-refractivity contribution in [2.75, 3.05) is 20.2 Å². The van der Waals surface area contributed by atoms with Crippen LogP contribution < -0.4 is 4.74 Å². The molecule has 0 aromatic heterocycles. The van der Waals surface area contributed by atoms with Crippen LogP contribution >= 0.6 is 0 Å². The number of benzene rings is 1. The van der Waals surface area contributed by atoms with E-state index < -0.39 is 0 Å². The van der Waals surface area contributed by atoms with Crippen molar-refractivity contribution >= 4 is 5.78 Å². The van der Waals surface area contributed by atoms with Gasteiger partial charge in [0.05, 0.1) is 19.2 Å². The van der Waals surface area contributed by atoms with Crippen LogP contribution in [0.1, 0.15) is 43.0 Å². The number of para-hydroxylation sites is 1. The molecule has 0 bridgehead atoms. The van der Waals surface area contributed by atoms with Gasteiger partial charge in [0.2, 0.25) is 0 Å². The Bertz CT molecular complexity index is 431. The van der Waals surface area contributed by atoms with Crippen molar-refractivity contribution < 1.29 is 9.53 Å². The van der Waals surface area contributed by atoms with Gasteiger partial charge in [0, 0.05) is 6.04 Å². The van der Waals surface area contributed by atoms with Crippen LogP contribution in [0.3, 0.4) is 0 Å². The van der Waals surface area contributed by atoms with Gasteiger partial charge in [-0.25, -0.2) is 0 Å². The van der Waals surface area contributed by atoms with Crippen molar-refractivity contribution in [3.63, 3.8) is 0 Å². The minimum atomic E-state index is 0.159. The minimum Gasteiger partial charge on any atom is -0.496 e. The zero-order valence-corrected chi connectivity index (χ0v) is 11.9. The van der Waals surface area contributed by atoms with Gasteiger partial charge < -0.3 is 4.74 Å². The molecule has 0 radical (unpaired) electrons. The second kappa shape index (κ2) is 6.71. The second-order valence-electron chi connectivity index (χ2n) is 5.29. The number of ketones is 1. The van der Waals surface area contributed by atoms with Crippen molar-refractivity contribution in [3.05, 3.63) is 29.8 Å². The summed E-state index contributed by atoms with van der Waals surface area (Å²) in [6, 6.07) is 7.98. The molecule has 0 spiro atoms. The van der Waals surface area contributed by atoms with E-state index in [-0.39, 0.29) is 5.78 Å². The Morgan fingerprint density at radius 3 is 2.89 bits per heavy atom. The van der Waals surface area contributed by atoms with Crippen LogP contribution in [0.4, 0.5) is 0 Å². The molecule has 2 rings (SSSR count). The quantitative estimate of drug-likeness (QED) is 0.780. The van der Waals surface area contributed by atoms with Gasteiger partial charge in [0.25, 0.3) is 0 Å². The Morgan fingerprint density at radius 2 is 2.11 bits per heavy atom. The highest BCUT2D eigenvalue weighted by molar-refractivity contribution is 6.00. The molecule has 1 fully saturated rings. The minimum absolute atomic E-state index is 0.159. The normalized spacial score (nSPS) is 20.8. The lowest BCUT2D eigenvalue weighted by atomic mass is 10.1. The highest BCUT2D eigenvalue weighted by Crippen LogP contribution is 2.21. The zero-order valence-electron chi connectivity index (χ0n) is 11.9. The maximum absolute atomic E-state index is 12.4. The summed E-state index contributed by atoms with van der Waals surface area (Å²) in [4.78, 5) is 14.7. The van der Waals surface area contributed by atoms with Gasteiger partial charge in [-0.2, -0.15) is 0 Å². The van der Waals surface area contributed by atoms with Gasteiger partial charge in [-0.1, -0.05) is 25.0 Å². The molecule has 1 aliphatic heterocycles. The smallest absolute Gasteiger partial charge is 0.180 e. The summed E-state index contributed by atoms with van der Waals surface area (Å²) in [6.07, 6.45) is 4.95. The Balaban J connectivity index is 2.07. The van der Waals surface area contributed by atoms with Crippen molar-refractivity contribution in [2.24, 2.45) is 0 Å². The van der Waals surface area contributed by atoms with E-state index in [1.54, 1.807) is 7.11 Å². The molecule has 1 atom stereocenters. The lowest BCUT2D eigenvalue weighted by molar-refractivity contribution is 0.0898. The highest BCUT2D eigenvalue weighted by atomic mass is 16.5. The fraction of sp³-hybridized carbons (Fsp3) is 0.562. The first-order chi connectivity index (χ1) is 9.22. The Labute approximate surface area is 115 Å². The van der Waals surface area contributed by atoms with Crippen molar-refractivity contribution in [1.82, 2.24) is 4.90 Å². The average molecular weight is 261 g/mol. The summed E-state index contributed by atoms with van der Waals surface area (Å²) in [7, 11) is 1.61. The molecule has 0 saturated carbocycles. The van der Waals surface area contributed by atoms with E-state index >= 15 is 0 Å². The number of nitrogens with zero attached hydrogens (tertiary/aromatic N) is 1. The number of carbonyl (C=O) groups is 1. The monoisotopic (exact) mass is 261 g/mol. The van der Waals surface area contributed by atoms with E-state index in [2.05, 4.69) is 11.8 Å². The van der Waals surface area contributed by atoms with Crippen LogP contribution in [-0.4, -0.2) is 36.9 Å². The van der Waals surface area contributed by atoms with Gasteiger partial charge in [-0.3, -0.25) is 9.69 Å². The largest absolute Gasteiger partial charge is 0.496 e. The van der Waals surface area contributed by atoms with Crippen LogP contribution in [-0.2, 0) is 0 Å². The molecule has 0 amide bonds. The molecule has 1 aliphatic rings. The summed E-state index contributed by atoms with van der Waals surface area (Å²) >= 11 is 0. The SMILES string of the molecule is COc1ccccc1C(=O)CN1CCCCCC1C. The number of ether oxygens (including phenoxy) is 1. The molecular weight excluding hydrogens is 238 g/mol. The molecule has 1 aromatic carbocycles. The highest BCUT2D eigenvalue weighted by Gasteiger charge is 2.21. The topological polar surface area (TPSA) is 29.5 Å². The lowest BCUT2D eigenvalue weighted by Gasteiger charge is -2.26. The summed E-state index contributed by atoms with van der Waals surface area (Å²) in [6.45, 7) is 3.75. The standard InChI is InChI=1S/C16H23NO2/c1-13-8-4-3-7-11-17(13)12-15(18)14-9-5-6-10-16(14)19-2/h5-6,9-10,13H,3-4,7-8,11-12H2,1-2H3. The Morgan fingerprint density at radius 1 is 1.32 bits per heavy atom. The van der Waals surface area contributed by atoms with E-state index in [9.17, 15) is 4.79 Å². The summed E-state index contributed by atoms with van der Waals surface area (Å²) in [5.74, 6) is 0.834. The number of Topliss-reactive ketones (excluding diaryl/α,β-unsaturated/α-hetero) is 1. The maximum atomic E-state index is 12.4. The predicted octanol–water partition coefficient (Wildman–Crippen LogP) is 3.14. The molecule has 1 aromatic rings. The van der Waals surface area contributed by atoms with E-state index in [0.29, 0.717) is 23.9 Å². The van der Waals surface area contributed by atoms with Crippen LogP contribution in [0.15, 0.2) is 24.3 Å². The molecule has 1 heterocycles. The molecule has 0 aliphatic carbocycles. The fourth-order valence-electron chi connectivity index (χ4n) is 2.71. The Kier molecular flexibility index (Phi) is 4.97. The zero-order chi connectivity index (χ0) is 13.7. The van der Waals surface area contributed by atoms with Crippen LogP contribution in [0.25, 0.3) is 0 Å². The molecule has 19 heavy (non-hydrogen) atoms. The summed E-state index contributed by atoms with van der Waals surface area (Å²) < 4.78 is 5.27. The number of carbonyl (C=O) groups excluding carboxylic acids is 1. The maximum Gasteiger partial charge on any atom is 0.180 e. The molecule has 1 saturated heterocycles. The summed E-state index contributed by atoms with van der Waals surface area (Å²) in [5.41, 5.74) is 0.696. The first-order valence-electron chi connectivity index (χ1n) is 7.12. The third kappa shape index (κ3) is 3.57. The van der Waals surface area contributed by atoms with E-state index in [1.165, 1.54) is 25.7 Å². The molecule has 3 heteroatoms.